The summed E-state index contributed by atoms with van der Waals surface area (Å²) in [7, 11) is 0. The van der Waals surface area contributed by atoms with E-state index in [1.165, 1.54) is 11.1 Å². The predicted octanol–water partition coefficient (Wildman–Crippen LogP) is 2.66. The Balaban J connectivity index is 1.47. The van der Waals surface area contributed by atoms with E-state index in [0.717, 1.165) is 19.3 Å². The molecular formula is C20H27NO4. The third-order valence-electron chi connectivity index (χ3n) is 5.52. The Morgan fingerprint density at radius 2 is 2.00 bits per heavy atom. The summed E-state index contributed by atoms with van der Waals surface area (Å²) in [6, 6.07) is 8.28. The van der Waals surface area contributed by atoms with Gasteiger partial charge in [-0.25, -0.2) is 0 Å². The first-order valence-corrected chi connectivity index (χ1v) is 9.22. The van der Waals surface area contributed by atoms with Gasteiger partial charge in [0.15, 0.2) is 0 Å². The van der Waals surface area contributed by atoms with Gasteiger partial charge in [0.1, 0.15) is 0 Å². The van der Waals surface area contributed by atoms with Crippen molar-refractivity contribution in [2.75, 3.05) is 19.7 Å². The highest BCUT2D eigenvalue weighted by atomic mass is 16.5. The molecule has 2 aliphatic heterocycles. The monoisotopic (exact) mass is 345 g/mol. The van der Waals surface area contributed by atoms with Crippen molar-refractivity contribution in [3.8, 4) is 0 Å². The maximum atomic E-state index is 12.5. The van der Waals surface area contributed by atoms with Crippen LogP contribution in [0.1, 0.15) is 36.8 Å². The minimum Gasteiger partial charge on any atom is -0.481 e. The molecule has 0 aliphatic carbocycles. The van der Waals surface area contributed by atoms with Gasteiger partial charge in [-0.2, -0.15) is 0 Å². The lowest BCUT2D eigenvalue weighted by atomic mass is 9.84. The number of likely N-dealkylation sites (tertiary alicyclic amines) is 1. The van der Waals surface area contributed by atoms with E-state index in [-0.39, 0.29) is 23.8 Å². The zero-order valence-electron chi connectivity index (χ0n) is 14.8. The summed E-state index contributed by atoms with van der Waals surface area (Å²) in [5.41, 5.74) is 2.42. The van der Waals surface area contributed by atoms with Crippen LogP contribution in [-0.2, 0) is 20.7 Å². The second-order valence-electron chi connectivity index (χ2n) is 7.28. The number of carbonyl (C=O) groups is 2. The molecule has 2 atom stereocenters. The molecule has 5 heteroatoms. The van der Waals surface area contributed by atoms with Crippen molar-refractivity contribution in [1.29, 1.82) is 0 Å². The topological polar surface area (TPSA) is 66.8 Å². The number of carboxylic acid groups (broad SMARTS) is 1. The number of ether oxygens (including phenoxy) is 1. The Labute approximate surface area is 149 Å². The van der Waals surface area contributed by atoms with Gasteiger partial charge in [-0.1, -0.05) is 29.8 Å². The second-order valence-corrected chi connectivity index (χ2v) is 7.28. The lowest BCUT2D eigenvalue weighted by Gasteiger charge is -2.35. The van der Waals surface area contributed by atoms with Crippen LogP contribution in [0.15, 0.2) is 24.3 Å². The molecule has 5 nitrogen and oxygen atoms in total. The number of piperidine rings is 1. The molecule has 2 heterocycles. The molecule has 136 valence electrons. The van der Waals surface area contributed by atoms with Gasteiger partial charge < -0.3 is 14.7 Å². The highest BCUT2D eigenvalue weighted by Gasteiger charge is 2.40. The number of rotatable bonds is 5. The van der Waals surface area contributed by atoms with E-state index < -0.39 is 5.97 Å². The molecule has 0 bridgehead atoms. The normalized spacial score (nSPS) is 24.4. The van der Waals surface area contributed by atoms with Crippen LogP contribution in [-0.4, -0.2) is 47.7 Å². The van der Waals surface area contributed by atoms with Crippen LogP contribution in [0.25, 0.3) is 0 Å². The minimum atomic E-state index is -0.751. The second kappa shape index (κ2) is 8.00. The Bertz CT molecular complexity index is 622. The van der Waals surface area contributed by atoms with Crippen LogP contribution in [0.2, 0.25) is 0 Å². The van der Waals surface area contributed by atoms with E-state index >= 15 is 0 Å². The molecule has 1 aromatic rings. The van der Waals surface area contributed by atoms with Crippen molar-refractivity contribution >= 4 is 11.9 Å². The lowest BCUT2D eigenvalue weighted by Crippen LogP contribution is -2.43. The third-order valence-corrected chi connectivity index (χ3v) is 5.52. The zero-order chi connectivity index (χ0) is 17.8. The molecule has 0 aromatic heterocycles. The summed E-state index contributed by atoms with van der Waals surface area (Å²) in [5.74, 6) is -0.681. The Kier molecular flexibility index (Phi) is 5.74. The van der Waals surface area contributed by atoms with Crippen molar-refractivity contribution in [1.82, 2.24) is 4.90 Å². The van der Waals surface area contributed by atoms with Crippen LogP contribution in [0.5, 0.6) is 0 Å². The Morgan fingerprint density at radius 3 is 2.68 bits per heavy atom. The van der Waals surface area contributed by atoms with Gasteiger partial charge in [0.05, 0.1) is 12.0 Å². The van der Waals surface area contributed by atoms with Gasteiger partial charge in [0.2, 0.25) is 5.91 Å². The SMILES string of the molecule is Cc1cccc(CCC(=O)N2CCC([C@@H]3OCCC3C(=O)O)CC2)c1. The summed E-state index contributed by atoms with van der Waals surface area (Å²) in [4.78, 5) is 25.7. The number of hydrogen-bond acceptors (Lipinski definition) is 3. The van der Waals surface area contributed by atoms with Gasteiger partial charge in [-0.15, -0.1) is 0 Å². The van der Waals surface area contributed by atoms with Gasteiger partial charge >= 0.3 is 5.97 Å². The van der Waals surface area contributed by atoms with Crippen LogP contribution in [0.3, 0.4) is 0 Å². The smallest absolute Gasteiger partial charge is 0.309 e. The van der Waals surface area contributed by atoms with E-state index in [9.17, 15) is 14.7 Å². The zero-order valence-corrected chi connectivity index (χ0v) is 14.8. The lowest BCUT2D eigenvalue weighted by molar-refractivity contribution is -0.146. The largest absolute Gasteiger partial charge is 0.481 e. The van der Waals surface area contributed by atoms with Gasteiger partial charge in [-0.05, 0) is 44.1 Å². The molecule has 1 aromatic carbocycles. The molecule has 3 rings (SSSR count). The Hall–Kier alpha value is -1.88. The van der Waals surface area contributed by atoms with E-state index in [1.807, 2.05) is 11.0 Å². The van der Waals surface area contributed by atoms with Crippen LogP contribution in [0, 0.1) is 18.8 Å². The molecule has 1 N–H and O–H groups in total. The average Bonchev–Trinajstić information content (AvgIpc) is 3.10. The molecule has 0 radical (unpaired) electrons. The number of aryl methyl sites for hydroxylation is 2. The highest BCUT2D eigenvalue weighted by molar-refractivity contribution is 5.76. The summed E-state index contributed by atoms with van der Waals surface area (Å²) in [5, 5.41) is 9.31. The molecule has 0 saturated carbocycles. The van der Waals surface area contributed by atoms with Crippen LogP contribution < -0.4 is 0 Å². The number of benzene rings is 1. The molecule has 2 aliphatic rings. The van der Waals surface area contributed by atoms with Crippen molar-refractivity contribution in [3.05, 3.63) is 35.4 Å². The molecule has 25 heavy (non-hydrogen) atoms. The first kappa shape index (κ1) is 17.9. The van der Waals surface area contributed by atoms with Gasteiger partial charge in [0, 0.05) is 26.1 Å². The first-order chi connectivity index (χ1) is 12.0. The molecule has 2 saturated heterocycles. The summed E-state index contributed by atoms with van der Waals surface area (Å²) >= 11 is 0. The number of nitrogens with zero attached hydrogens (tertiary/aromatic N) is 1. The average molecular weight is 345 g/mol. The Morgan fingerprint density at radius 1 is 1.24 bits per heavy atom. The van der Waals surface area contributed by atoms with Crippen molar-refractivity contribution < 1.29 is 19.4 Å². The fourth-order valence-electron chi connectivity index (χ4n) is 4.09. The van der Waals surface area contributed by atoms with E-state index in [4.69, 9.17) is 4.74 Å². The first-order valence-electron chi connectivity index (χ1n) is 9.22. The van der Waals surface area contributed by atoms with E-state index in [0.29, 0.717) is 32.5 Å². The van der Waals surface area contributed by atoms with E-state index in [1.54, 1.807) is 0 Å². The number of aliphatic carboxylic acids is 1. The number of hydrogen-bond donors (Lipinski definition) is 1. The summed E-state index contributed by atoms with van der Waals surface area (Å²) in [6.45, 7) is 4.02. The quantitative estimate of drug-likeness (QED) is 0.891. The molecule has 0 spiro atoms. The molecular weight excluding hydrogens is 318 g/mol. The van der Waals surface area contributed by atoms with Crippen LogP contribution in [0.4, 0.5) is 0 Å². The highest BCUT2D eigenvalue weighted by Crippen LogP contribution is 2.33. The van der Waals surface area contributed by atoms with Gasteiger partial charge in [-0.3, -0.25) is 9.59 Å². The molecule has 2 fully saturated rings. The summed E-state index contributed by atoms with van der Waals surface area (Å²) < 4.78 is 5.69. The molecule has 1 amide bonds. The molecule has 1 unspecified atom stereocenters. The van der Waals surface area contributed by atoms with Crippen molar-refractivity contribution in [2.24, 2.45) is 11.8 Å². The fraction of sp³-hybridized carbons (Fsp3) is 0.600. The van der Waals surface area contributed by atoms with Crippen molar-refractivity contribution in [3.63, 3.8) is 0 Å². The van der Waals surface area contributed by atoms with Gasteiger partial charge in [0.25, 0.3) is 0 Å². The maximum absolute atomic E-state index is 12.5. The maximum Gasteiger partial charge on any atom is 0.309 e. The number of carbonyl (C=O) groups excluding carboxylic acids is 1. The van der Waals surface area contributed by atoms with E-state index in [2.05, 4.69) is 25.1 Å². The summed E-state index contributed by atoms with van der Waals surface area (Å²) in [6.07, 6.45) is 3.41. The predicted molar refractivity (Wildman–Crippen MR) is 94.3 cm³/mol. The standard InChI is InChI=1S/C20H27NO4/c1-14-3-2-4-15(13-14)5-6-18(22)21-10-7-16(8-11-21)19-17(20(23)24)9-12-25-19/h2-4,13,16-17,19H,5-12H2,1H3,(H,23,24)/t17?,19-/m0/s1. The minimum absolute atomic E-state index is 0.179. The number of amides is 1. The third kappa shape index (κ3) is 4.40. The fourth-order valence-corrected chi connectivity index (χ4v) is 4.09. The van der Waals surface area contributed by atoms with Crippen LogP contribution >= 0.6 is 0 Å². The number of carboxylic acids is 1. The van der Waals surface area contributed by atoms with Crippen molar-refractivity contribution in [2.45, 2.75) is 45.1 Å².